The van der Waals surface area contributed by atoms with Crippen molar-refractivity contribution in [2.45, 2.75) is 6.92 Å². The molecule has 0 spiro atoms. The van der Waals surface area contributed by atoms with Gasteiger partial charge in [0.15, 0.2) is 11.5 Å². The van der Waals surface area contributed by atoms with Crippen LogP contribution in [0.5, 0.6) is 11.5 Å². The fourth-order valence-electron chi connectivity index (χ4n) is 2.82. The van der Waals surface area contributed by atoms with E-state index in [1.807, 2.05) is 0 Å². The average molecular weight is 514 g/mol. The molecule has 0 radical (unpaired) electrons. The number of rotatable bonds is 9. The number of esters is 1. The standard InChI is InChI=1S/C25H21Cl2N3O5/c1-2-34-22-13-16(7-12-21(22)35-25(33)19-5-3-4-6-20(19)27)14-29-30-23(31)15-28-24(32)17-8-10-18(26)11-9-17/h3-14H,2,15H2,1H3,(H,28,32)(H,30,31)/b29-14-. The molecule has 2 N–H and O–H groups in total. The van der Waals surface area contributed by atoms with Crippen LogP contribution in [0.2, 0.25) is 10.0 Å². The Morgan fingerprint density at radius 2 is 1.71 bits per heavy atom. The molecule has 3 aromatic carbocycles. The summed E-state index contributed by atoms with van der Waals surface area (Å²) < 4.78 is 11.0. The summed E-state index contributed by atoms with van der Waals surface area (Å²) in [5.74, 6) is -1.02. The SMILES string of the molecule is CCOc1cc(/C=N\NC(=O)CNC(=O)c2ccc(Cl)cc2)ccc1OC(=O)c1ccccc1Cl. The van der Waals surface area contributed by atoms with Crippen molar-refractivity contribution in [1.82, 2.24) is 10.7 Å². The van der Waals surface area contributed by atoms with Gasteiger partial charge in [0.2, 0.25) is 0 Å². The topological polar surface area (TPSA) is 106 Å². The van der Waals surface area contributed by atoms with E-state index in [0.29, 0.717) is 28.5 Å². The van der Waals surface area contributed by atoms with E-state index in [4.69, 9.17) is 32.7 Å². The maximum absolute atomic E-state index is 12.5. The summed E-state index contributed by atoms with van der Waals surface area (Å²) in [7, 11) is 0. The monoisotopic (exact) mass is 513 g/mol. The molecule has 0 saturated carbocycles. The predicted molar refractivity (Wildman–Crippen MR) is 134 cm³/mol. The molecule has 0 saturated heterocycles. The van der Waals surface area contributed by atoms with Crippen LogP contribution in [0.1, 0.15) is 33.2 Å². The predicted octanol–water partition coefficient (Wildman–Crippen LogP) is 4.49. The summed E-state index contributed by atoms with van der Waals surface area (Å²) in [6.07, 6.45) is 1.39. The highest BCUT2D eigenvalue weighted by Gasteiger charge is 2.15. The van der Waals surface area contributed by atoms with Gasteiger partial charge in [-0.3, -0.25) is 9.59 Å². The van der Waals surface area contributed by atoms with E-state index in [9.17, 15) is 14.4 Å². The second-order valence-corrected chi connectivity index (χ2v) is 7.83. The van der Waals surface area contributed by atoms with Crippen molar-refractivity contribution in [2.75, 3.05) is 13.2 Å². The number of hydrogen-bond acceptors (Lipinski definition) is 6. The fraction of sp³-hybridized carbons (Fsp3) is 0.120. The minimum Gasteiger partial charge on any atom is -0.490 e. The molecule has 8 nitrogen and oxygen atoms in total. The maximum Gasteiger partial charge on any atom is 0.345 e. The molecular formula is C25H21Cl2N3O5. The number of hydrazone groups is 1. The van der Waals surface area contributed by atoms with Crippen molar-refractivity contribution < 1.29 is 23.9 Å². The Morgan fingerprint density at radius 3 is 2.43 bits per heavy atom. The lowest BCUT2D eigenvalue weighted by Gasteiger charge is -2.12. The van der Waals surface area contributed by atoms with Gasteiger partial charge in [-0.15, -0.1) is 0 Å². The van der Waals surface area contributed by atoms with Crippen molar-refractivity contribution >= 4 is 47.2 Å². The molecule has 3 rings (SSSR count). The Morgan fingerprint density at radius 1 is 0.971 bits per heavy atom. The molecule has 2 amide bonds. The molecule has 0 aromatic heterocycles. The number of ether oxygens (including phenoxy) is 2. The first-order valence-corrected chi connectivity index (χ1v) is 11.2. The number of carbonyl (C=O) groups excluding carboxylic acids is 3. The zero-order chi connectivity index (χ0) is 25.2. The quantitative estimate of drug-likeness (QED) is 0.190. The number of halogens is 2. The lowest BCUT2D eigenvalue weighted by molar-refractivity contribution is -0.120. The molecule has 10 heteroatoms. The molecule has 0 aliphatic rings. The summed E-state index contributed by atoms with van der Waals surface area (Å²) in [6.45, 7) is 1.86. The molecule has 0 unspecified atom stereocenters. The van der Waals surface area contributed by atoms with Gasteiger partial charge >= 0.3 is 5.97 Å². The number of nitrogens with zero attached hydrogens (tertiary/aromatic N) is 1. The summed E-state index contributed by atoms with van der Waals surface area (Å²) in [5, 5.41) is 7.16. The van der Waals surface area contributed by atoms with E-state index in [2.05, 4.69) is 15.8 Å². The van der Waals surface area contributed by atoms with Crippen molar-refractivity contribution in [1.29, 1.82) is 0 Å². The number of benzene rings is 3. The van der Waals surface area contributed by atoms with E-state index in [1.165, 1.54) is 6.21 Å². The summed E-state index contributed by atoms with van der Waals surface area (Å²) in [6, 6.07) is 17.6. The Balaban J connectivity index is 1.57. The third-order valence-electron chi connectivity index (χ3n) is 4.48. The Labute approximate surface area is 211 Å². The Bertz CT molecular complexity index is 1250. The Hall–Kier alpha value is -3.88. The molecule has 180 valence electrons. The highest BCUT2D eigenvalue weighted by molar-refractivity contribution is 6.33. The van der Waals surface area contributed by atoms with Gasteiger partial charge in [-0.25, -0.2) is 10.2 Å². The summed E-state index contributed by atoms with van der Waals surface area (Å²) in [5.41, 5.74) is 3.52. The van der Waals surface area contributed by atoms with Gasteiger partial charge in [0, 0.05) is 10.6 Å². The molecule has 3 aromatic rings. The van der Waals surface area contributed by atoms with Crippen LogP contribution in [0.15, 0.2) is 71.8 Å². The van der Waals surface area contributed by atoms with Crippen LogP contribution >= 0.6 is 23.2 Å². The van der Waals surface area contributed by atoms with Crippen molar-refractivity contribution in [3.05, 3.63) is 93.5 Å². The number of amides is 2. The molecule has 0 aliphatic carbocycles. The van der Waals surface area contributed by atoms with Crippen molar-refractivity contribution in [3.63, 3.8) is 0 Å². The van der Waals surface area contributed by atoms with Gasteiger partial charge in [0.1, 0.15) is 0 Å². The van der Waals surface area contributed by atoms with Crippen LogP contribution in [-0.2, 0) is 4.79 Å². The van der Waals surface area contributed by atoms with Crippen LogP contribution in [0.3, 0.4) is 0 Å². The minimum atomic E-state index is -0.620. The van der Waals surface area contributed by atoms with Crippen molar-refractivity contribution in [2.24, 2.45) is 5.10 Å². The van der Waals surface area contributed by atoms with E-state index < -0.39 is 17.8 Å². The number of carbonyl (C=O) groups is 3. The Kier molecular flexibility index (Phi) is 9.23. The largest absolute Gasteiger partial charge is 0.490 e. The van der Waals surface area contributed by atoms with Crippen LogP contribution in [0.25, 0.3) is 0 Å². The molecule has 0 atom stereocenters. The van der Waals surface area contributed by atoms with Crippen molar-refractivity contribution in [3.8, 4) is 11.5 Å². The summed E-state index contributed by atoms with van der Waals surface area (Å²) >= 11 is 11.9. The zero-order valence-corrected chi connectivity index (χ0v) is 20.1. The van der Waals surface area contributed by atoms with Gasteiger partial charge in [0.25, 0.3) is 11.8 Å². The normalized spacial score (nSPS) is 10.6. The molecule has 0 fully saturated rings. The van der Waals surface area contributed by atoms with Crippen LogP contribution in [-0.4, -0.2) is 37.1 Å². The second kappa shape index (κ2) is 12.5. The molecular weight excluding hydrogens is 493 g/mol. The number of nitrogens with one attached hydrogen (secondary N) is 2. The lowest BCUT2D eigenvalue weighted by atomic mass is 10.2. The first kappa shape index (κ1) is 25.7. The first-order chi connectivity index (χ1) is 16.9. The van der Waals surface area contributed by atoms with Gasteiger partial charge in [-0.2, -0.15) is 5.10 Å². The van der Waals surface area contributed by atoms with E-state index >= 15 is 0 Å². The molecule has 0 heterocycles. The van der Waals surface area contributed by atoms with Gasteiger partial charge in [-0.05, 0) is 67.1 Å². The maximum atomic E-state index is 12.5. The zero-order valence-electron chi connectivity index (χ0n) is 18.6. The van der Waals surface area contributed by atoms with Crippen LogP contribution in [0.4, 0.5) is 0 Å². The molecule has 0 aliphatic heterocycles. The third-order valence-corrected chi connectivity index (χ3v) is 5.06. The molecule has 35 heavy (non-hydrogen) atoms. The first-order valence-electron chi connectivity index (χ1n) is 10.5. The number of hydrogen-bond donors (Lipinski definition) is 2. The fourth-order valence-corrected chi connectivity index (χ4v) is 3.16. The highest BCUT2D eigenvalue weighted by Crippen LogP contribution is 2.29. The molecule has 0 bridgehead atoms. The average Bonchev–Trinajstić information content (AvgIpc) is 2.85. The second-order valence-electron chi connectivity index (χ2n) is 6.99. The lowest BCUT2D eigenvalue weighted by Crippen LogP contribution is -2.34. The van der Waals surface area contributed by atoms with E-state index in [0.717, 1.165) is 0 Å². The van der Waals surface area contributed by atoms with Crippen LogP contribution in [0, 0.1) is 0 Å². The highest BCUT2D eigenvalue weighted by atomic mass is 35.5. The van der Waals surface area contributed by atoms with Gasteiger partial charge in [-0.1, -0.05) is 35.3 Å². The van der Waals surface area contributed by atoms with Gasteiger partial charge < -0.3 is 14.8 Å². The van der Waals surface area contributed by atoms with Gasteiger partial charge in [0.05, 0.1) is 30.0 Å². The van der Waals surface area contributed by atoms with E-state index in [1.54, 1.807) is 73.7 Å². The third kappa shape index (κ3) is 7.56. The smallest absolute Gasteiger partial charge is 0.345 e. The minimum absolute atomic E-state index is 0.211. The van der Waals surface area contributed by atoms with Crippen LogP contribution < -0.4 is 20.2 Å². The van der Waals surface area contributed by atoms with E-state index in [-0.39, 0.29) is 22.9 Å². The summed E-state index contributed by atoms with van der Waals surface area (Å²) in [4.78, 5) is 36.5.